The highest BCUT2D eigenvalue weighted by molar-refractivity contribution is 7.71. The largest absolute Gasteiger partial charge is 0.393 e. The van der Waals surface area contributed by atoms with Crippen LogP contribution in [0.5, 0.6) is 0 Å². The van der Waals surface area contributed by atoms with Crippen molar-refractivity contribution >= 4 is 12.2 Å². The number of aryl methyl sites for hydroxylation is 1. The van der Waals surface area contributed by atoms with Crippen LogP contribution in [0.15, 0.2) is 11.6 Å². The van der Waals surface area contributed by atoms with E-state index >= 15 is 0 Å². The van der Waals surface area contributed by atoms with Gasteiger partial charge >= 0.3 is 0 Å². The van der Waals surface area contributed by atoms with Crippen molar-refractivity contribution in [1.82, 2.24) is 4.98 Å². The van der Waals surface area contributed by atoms with Crippen molar-refractivity contribution in [3.63, 3.8) is 0 Å². The van der Waals surface area contributed by atoms with Gasteiger partial charge in [0.2, 0.25) is 0 Å². The Balaban J connectivity index is 1.60. The summed E-state index contributed by atoms with van der Waals surface area (Å²) in [5.41, 5.74) is 6.41. The molecule has 5 rings (SSSR count). The van der Waals surface area contributed by atoms with Gasteiger partial charge in [-0.3, -0.25) is 0 Å². The molecule has 0 saturated heterocycles. The van der Waals surface area contributed by atoms with E-state index in [4.69, 9.17) is 12.2 Å². The molecule has 0 bridgehead atoms. The molecule has 0 unspecified atom stereocenters. The maximum atomic E-state index is 10.2. The highest BCUT2D eigenvalue weighted by Gasteiger charge is 2.58. The number of H-pyrrole nitrogens is 1. The number of nitrogens with one attached hydrogen (secondary N) is 1. The van der Waals surface area contributed by atoms with E-state index in [1.54, 1.807) is 0 Å². The smallest absolute Gasteiger partial charge is 0.121 e. The second-order valence-electron chi connectivity index (χ2n) is 10.2. The first kappa shape index (κ1) is 18.6. The monoisotopic (exact) mass is 394 g/mol. The number of aliphatic hydroxyl groups excluding tert-OH is 1. The average molecular weight is 395 g/mol. The average Bonchev–Trinajstić information content (AvgIpc) is 2.96. The number of aliphatic hydroxyl groups is 1. The molecule has 0 aromatic carbocycles. The van der Waals surface area contributed by atoms with Crippen LogP contribution in [0, 0.1) is 46.1 Å². The Morgan fingerprint density at radius 2 is 1.93 bits per heavy atom. The fraction of sp³-hybridized carbons (Fsp3) is 0.667. The second kappa shape index (κ2) is 6.03. The number of nitrogens with zero attached hydrogens (tertiary/aromatic N) is 1. The zero-order valence-electron chi connectivity index (χ0n) is 17.1. The standard InChI is InChI=1S/C24H30N2OS/c1-13-21-17(18(12-25)22(28)26-13)11-20-16-5-4-14-10-15(27)6-8-23(14,2)19(16)7-9-24(20,21)3/h4,15-16,19-20,27H,5-11H2,1-3H3,(H,26,28)/t15-,16+,19-,20+,23+,24-/m1/s1. The van der Waals surface area contributed by atoms with Crippen LogP contribution in [-0.4, -0.2) is 16.2 Å². The summed E-state index contributed by atoms with van der Waals surface area (Å²) in [7, 11) is 0. The Bertz CT molecular complexity index is 986. The van der Waals surface area contributed by atoms with Crippen molar-refractivity contribution in [1.29, 1.82) is 5.26 Å². The maximum Gasteiger partial charge on any atom is 0.121 e. The van der Waals surface area contributed by atoms with Crippen LogP contribution in [0.3, 0.4) is 0 Å². The van der Waals surface area contributed by atoms with Crippen molar-refractivity contribution in [2.75, 3.05) is 0 Å². The molecule has 4 heteroatoms. The molecular weight excluding hydrogens is 364 g/mol. The molecule has 28 heavy (non-hydrogen) atoms. The van der Waals surface area contributed by atoms with E-state index in [2.05, 4.69) is 37.9 Å². The van der Waals surface area contributed by atoms with Crippen LogP contribution in [0.1, 0.15) is 74.8 Å². The zero-order valence-corrected chi connectivity index (χ0v) is 18.0. The van der Waals surface area contributed by atoms with E-state index in [0.29, 0.717) is 28.0 Å². The summed E-state index contributed by atoms with van der Waals surface area (Å²) in [4.78, 5) is 3.33. The predicted octanol–water partition coefficient (Wildman–Crippen LogP) is 5.26. The number of fused-ring (bicyclic) bond motifs is 7. The molecule has 0 amide bonds. The lowest BCUT2D eigenvalue weighted by molar-refractivity contribution is -0.0164. The third kappa shape index (κ3) is 2.27. The zero-order chi connectivity index (χ0) is 19.8. The Kier molecular flexibility index (Phi) is 4.00. The minimum Gasteiger partial charge on any atom is -0.393 e. The lowest BCUT2D eigenvalue weighted by Gasteiger charge is -2.57. The van der Waals surface area contributed by atoms with Crippen molar-refractivity contribution < 1.29 is 5.11 Å². The number of rotatable bonds is 0. The first-order valence-electron chi connectivity index (χ1n) is 10.8. The minimum atomic E-state index is -0.151. The molecule has 0 radical (unpaired) electrons. The van der Waals surface area contributed by atoms with Crippen LogP contribution in [0.25, 0.3) is 0 Å². The molecule has 1 aromatic rings. The van der Waals surface area contributed by atoms with Gasteiger partial charge in [0, 0.05) is 5.69 Å². The van der Waals surface area contributed by atoms with Crippen LogP contribution in [0.4, 0.5) is 0 Å². The topological polar surface area (TPSA) is 59.8 Å². The van der Waals surface area contributed by atoms with Crippen molar-refractivity contribution in [2.45, 2.75) is 77.2 Å². The summed E-state index contributed by atoms with van der Waals surface area (Å²) < 4.78 is 0.608. The quantitative estimate of drug-likeness (QED) is 0.466. The SMILES string of the molecule is Cc1[nH]c(=S)c(C#N)c2c1[C@]1(C)CC[C@@H]3[C@H](CC=C4C[C@H](O)CC[C@@]43C)[C@@H]1C2. The molecular formula is C24H30N2OS. The molecule has 3 nitrogen and oxygen atoms in total. The highest BCUT2D eigenvalue weighted by Crippen LogP contribution is 2.64. The van der Waals surface area contributed by atoms with Gasteiger partial charge in [-0.25, -0.2) is 0 Å². The third-order valence-electron chi connectivity index (χ3n) is 9.08. The number of hydrogen-bond acceptors (Lipinski definition) is 3. The van der Waals surface area contributed by atoms with Gasteiger partial charge in [-0.2, -0.15) is 5.26 Å². The Morgan fingerprint density at radius 1 is 1.18 bits per heavy atom. The Labute approximate surface area is 172 Å². The molecule has 0 spiro atoms. The van der Waals surface area contributed by atoms with Crippen molar-refractivity contribution in [3.05, 3.63) is 38.7 Å². The van der Waals surface area contributed by atoms with E-state index in [-0.39, 0.29) is 16.9 Å². The van der Waals surface area contributed by atoms with E-state index in [0.717, 1.165) is 32.1 Å². The van der Waals surface area contributed by atoms with Gasteiger partial charge in [-0.05, 0) is 91.6 Å². The lowest BCUT2D eigenvalue weighted by Crippen LogP contribution is -2.51. The molecule has 6 atom stereocenters. The van der Waals surface area contributed by atoms with Gasteiger partial charge in [-0.15, -0.1) is 0 Å². The second-order valence-corrected chi connectivity index (χ2v) is 10.6. The Morgan fingerprint density at radius 3 is 2.68 bits per heavy atom. The maximum absolute atomic E-state index is 10.2. The molecule has 4 aliphatic carbocycles. The summed E-state index contributed by atoms with van der Waals surface area (Å²) in [5.74, 6) is 1.94. The van der Waals surface area contributed by atoms with Crippen molar-refractivity contribution in [2.24, 2.45) is 23.2 Å². The Hall–Kier alpha value is -1.44. The number of allylic oxidation sites excluding steroid dienone is 1. The predicted molar refractivity (Wildman–Crippen MR) is 113 cm³/mol. The van der Waals surface area contributed by atoms with Crippen LogP contribution in [-0.2, 0) is 11.8 Å². The van der Waals surface area contributed by atoms with Gasteiger partial charge in [-0.1, -0.05) is 37.7 Å². The van der Waals surface area contributed by atoms with E-state index in [1.165, 1.54) is 35.2 Å². The number of pyridine rings is 1. The van der Waals surface area contributed by atoms with E-state index in [1.807, 2.05) is 0 Å². The van der Waals surface area contributed by atoms with Crippen LogP contribution in [0.2, 0.25) is 0 Å². The molecule has 2 fully saturated rings. The summed E-state index contributed by atoms with van der Waals surface area (Å²) in [5, 5.41) is 20.0. The van der Waals surface area contributed by atoms with Crippen LogP contribution < -0.4 is 0 Å². The lowest BCUT2D eigenvalue weighted by atomic mass is 9.47. The molecule has 4 aliphatic rings. The number of nitriles is 1. The highest BCUT2D eigenvalue weighted by atomic mass is 32.1. The van der Waals surface area contributed by atoms with E-state index in [9.17, 15) is 10.4 Å². The molecule has 1 heterocycles. The fourth-order valence-corrected chi connectivity index (χ4v) is 8.07. The van der Waals surface area contributed by atoms with Gasteiger partial charge in [0.25, 0.3) is 0 Å². The number of hydrogen-bond donors (Lipinski definition) is 2. The third-order valence-corrected chi connectivity index (χ3v) is 9.39. The first-order valence-corrected chi connectivity index (χ1v) is 11.2. The summed E-state index contributed by atoms with van der Waals surface area (Å²) in [6.45, 7) is 7.04. The van der Waals surface area contributed by atoms with Gasteiger partial charge in [0.15, 0.2) is 0 Å². The van der Waals surface area contributed by atoms with Gasteiger partial charge < -0.3 is 10.1 Å². The number of aromatic nitrogens is 1. The molecule has 1 aromatic heterocycles. The first-order chi connectivity index (χ1) is 13.3. The molecule has 148 valence electrons. The summed E-state index contributed by atoms with van der Waals surface area (Å²) >= 11 is 5.49. The van der Waals surface area contributed by atoms with Gasteiger partial charge in [0.05, 0.1) is 11.7 Å². The van der Waals surface area contributed by atoms with E-state index < -0.39 is 0 Å². The van der Waals surface area contributed by atoms with Crippen molar-refractivity contribution in [3.8, 4) is 6.07 Å². The van der Waals surface area contributed by atoms with Gasteiger partial charge in [0.1, 0.15) is 10.7 Å². The minimum absolute atomic E-state index is 0.140. The normalized spacial score (nSPS) is 41.2. The molecule has 2 saturated carbocycles. The fourth-order valence-electron chi connectivity index (χ4n) is 7.75. The van der Waals surface area contributed by atoms with Crippen LogP contribution >= 0.6 is 12.2 Å². The number of aromatic amines is 1. The summed E-state index contributed by atoms with van der Waals surface area (Å²) in [6, 6.07) is 2.40. The molecule has 0 aliphatic heterocycles. The summed E-state index contributed by atoms with van der Waals surface area (Å²) in [6.07, 6.45) is 9.80. The molecule has 2 N–H and O–H groups in total.